The van der Waals surface area contributed by atoms with Gasteiger partial charge in [-0.2, -0.15) is 0 Å². The molecule has 0 saturated heterocycles. The van der Waals surface area contributed by atoms with Gasteiger partial charge in [-0.25, -0.2) is 0 Å². The van der Waals surface area contributed by atoms with Gasteiger partial charge in [0.25, 0.3) is 0 Å². The molecule has 0 unspecified atom stereocenters. The number of nitrogens with two attached hydrogens (primary N) is 1. The van der Waals surface area contributed by atoms with E-state index in [9.17, 15) is 0 Å². The number of hydrogen-bond acceptors (Lipinski definition) is 2. The Bertz CT molecular complexity index is 319. The van der Waals surface area contributed by atoms with Crippen LogP contribution in [-0.2, 0) is 10.2 Å². The standard InChI is InChI=1S/C13H19NO/c1-10-3-5-11(6-4-10)13(9-15-2)7-12(14)8-13/h3-6,12H,7-9,14H2,1-2H3. The minimum absolute atomic E-state index is 0.182. The summed E-state index contributed by atoms with van der Waals surface area (Å²) in [7, 11) is 1.76. The number of benzene rings is 1. The van der Waals surface area contributed by atoms with Crippen LogP contribution in [0.3, 0.4) is 0 Å². The molecule has 15 heavy (non-hydrogen) atoms. The van der Waals surface area contributed by atoms with Crippen LogP contribution < -0.4 is 5.73 Å². The third-order valence-electron chi connectivity index (χ3n) is 3.39. The Balaban J connectivity index is 2.22. The Morgan fingerprint density at radius 2 is 1.93 bits per heavy atom. The lowest BCUT2D eigenvalue weighted by Crippen LogP contribution is -2.51. The van der Waals surface area contributed by atoms with Gasteiger partial charge in [0.15, 0.2) is 0 Å². The smallest absolute Gasteiger partial charge is 0.0560 e. The van der Waals surface area contributed by atoms with E-state index in [4.69, 9.17) is 10.5 Å². The van der Waals surface area contributed by atoms with E-state index in [1.807, 2.05) is 0 Å². The fraction of sp³-hybridized carbons (Fsp3) is 0.538. The summed E-state index contributed by atoms with van der Waals surface area (Å²) in [5, 5.41) is 0. The van der Waals surface area contributed by atoms with Crippen LogP contribution in [0.25, 0.3) is 0 Å². The normalized spacial score (nSPS) is 29.9. The van der Waals surface area contributed by atoms with Crippen LogP contribution in [0.2, 0.25) is 0 Å². The van der Waals surface area contributed by atoms with Gasteiger partial charge in [-0.15, -0.1) is 0 Å². The second-order valence-electron chi connectivity index (χ2n) is 4.75. The van der Waals surface area contributed by atoms with E-state index >= 15 is 0 Å². The van der Waals surface area contributed by atoms with Crippen LogP contribution in [0, 0.1) is 6.92 Å². The number of aryl methyl sites for hydroxylation is 1. The second kappa shape index (κ2) is 3.95. The highest BCUT2D eigenvalue weighted by Gasteiger charge is 2.43. The zero-order valence-corrected chi connectivity index (χ0v) is 9.49. The molecule has 1 aromatic rings. The molecule has 0 amide bonds. The van der Waals surface area contributed by atoms with Crippen molar-refractivity contribution in [1.29, 1.82) is 0 Å². The number of methoxy groups -OCH3 is 1. The van der Waals surface area contributed by atoms with Crippen LogP contribution in [-0.4, -0.2) is 19.8 Å². The van der Waals surface area contributed by atoms with Gasteiger partial charge >= 0.3 is 0 Å². The zero-order chi connectivity index (χ0) is 10.9. The molecule has 0 aromatic heterocycles. The van der Waals surface area contributed by atoms with Crippen molar-refractivity contribution in [3.63, 3.8) is 0 Å². The number of ether oxygens (including phenoxy) is 1. The highest BCUT2D eigenvalue weighted by molar-refractivity contribution is 5.32. The highest BCUT2D eigenvalue weighted by Crippen LogP contribution is 2.43. The van der Waals surface area contributed by atoms with Crippen molar-refractivity contribution < 1.29 is 4.74 Å². The first-order chi connectivity index (χ1) is 7.16. The molecule has 82 valence electrons. The predicted molar refractivity (Wildman–Crippen MR) is 61.9 cm³/mol. The highest BCUT2D eigenvalue weighted by atomic mass is 16.5. The molecule has 2 N–H and O–H groups in total. The quantitative estimate of drug-likeness (QED) is 0.819. The molecule has 2 heteroatoms. The summed E-state index contributed by atoms with van der Waals surface area (Å²) in [6.45, 7) is 2.89. The van der Waals surface area contributed by atoms with Crippen molar-refractivity contribution in [1.82, 2.24) is 0 Å². The molecule has 1 aromatic carbocycles. The first-order valence-corrected chi connectivity index (χ1v) is 5.48. The van der Waals surface area contributed by atoms with E-state index in [1.54, 1.807) is 7.11 Å². The topological polar surface area (TPSA) is 35.2 Å². The first kappa shape index (κ1) is 10.7. The monoisotopic (exact) mass is 205 g/mol. The van der Waals surface area contributed by atoms with Gasteiger partial charge in [0, 0.05) is 18.6 Å². The first-order valence-electron chi connectivity index (χ1n) is 5.48. The van der Waals surface area contributed by atoms with E-state index in [0.717, 1.165) is 19.4 Å². The van der Waals surface area contributed by atoms with Gasteiger partial charge < -0.3 is 10.5 Å². The summed E-state index contributed by atoms with van der Waals surface area (Å²) >= 11 is 0. The molecule has 0 atom stereocenters. The summed E-state index contributed by atoms with van der Waals surface area (Å²) in [4.78, 5) is 0. The van der Waals surface area contributed by atoms with Crippen molar-refractivity contribution in [3.05, 3.63) is 35.4 Å². The van der Waals surface area contributed by atoms with Gasteiger partial charge in [-0.3, -0.25) is 0 Å². The van der Waals surface area contributed by atoms with Crippen molar-refractivity contribution in [2.24, 2.45) is 5.73 Å². The molecule has 0 radical (unpaired) electrons. The maximum absolute atomic E-state index is 5.90. The lowest BCUT2D eigenvalue weighted by molar-refractivity contribution is 0.0662. The van der Waals surface area contributed by atoms with Crippen LogP contribution in [0.5, 0.6) is 0 Å². The van der Waals surface area contributed by atoms with E-state index in [1.165, 1.54) is 11.1 Å². The molecule has 2 rings (SSSR count). The summed E-state index contributed by atoms with van der Waals surface area (Å²) in [6, 6.07) is 9.09. The Morgan fingerprint density at radius 3 is 2.40 bits per heavy atom. The summed E-state index contributed by atoms with van der Waals surface area (Å²) in [5.74, 6) is 0. The Morgan fingerprint density at radius 1 is 1.33 bits per heavy atom. The molecule has 0 spiro atoms. The second-order valence-corrected chi connectivity index (χ2v) is 4.75. The van der Waals surface area contributed by atoms with Crippen molar-refractivity contribution in [2.75, 3.05) is 13.7 Å². The molecule has 1 aliphatic rings. The average Bonchev–Trinajstić information content (AvgIpc) is 2.16. The van der Waals surface area contributed by atoms with Crippen LogP contribution in [0.1, 0.15) is 24.0 Å². The minimum atomic E-state index is 0.182. The third kappa shape index (κ3) is 1.92. The summed E-state index contributed by atoms with van der Waals surface area (Å²) < 4.78 is 5.33. The largest absolute Gasteiger partial charge is 0.384 e. The fourth-order valence-corrected chi connectivity index (χ4v) is 2.56. The van der Waals surface area contributed by atoms with Crippen LogP contribution in [0.15, 0.2) is 24.3 Å². The summed E-state index contributed by atoms with van der Waals surface area (Å²) in [5.41, 5.74) is 8.75. The van der Waals surface area contributed by atoms with Crippen molar-refractivity contribution in [2.45, 2.75) is 31.2 Å². The summed E-state index contributed by atoms with van der Waals surface area (Å²) in [6.07, 6.45) is 2.09. The fourth-order valence-electron chi connectivity index (χ4n) is 2.56. The van der Waals surface area contributed by atoms with Crippen LogP contribution >= 0.6 is 0 Å². The molecule has 0 heterocycles. The third-order valence-corrected chi connectivity index (χ3v) is 3.39. The van der Waals surface area contributed by atoms with Crippen molar-refractivity contribution >= 4 is 0 Å². The average molecular weight is 205 g/mol. The van der Waals surface area contributed by atoms with E-state index < -0.39 is 0 Å². The van der Waals surface area contributed by atoms with Gasteiger partial charge in [-0.05, 0) is 25.3 Å². The minimum Gasteiger partial charge on any atom is -0.384 e. The number of rotatable bonds is 3. The van der Waals surface area contributed by atoms with Gasteiger partial charge in [-0.1, -0.05) is 29.8 Å². The van der Waals surface area contributed by atoms with Gasteiger partial charge in [0.2, 0.25) is 0 Å². The van der Waals surface area contributed by atoms with E-state index in [0.29, 0.717) is 6.04 Å². The molecule has 1 saturated carbocycles. The Labute approximate surface area is 91.4 Å². The zero-order valence-electron chi connectivity index (χ0n) is 9.49. The molecular formula is C13H19NO. The molecular weight excluding hydrogens is 186 g/mol. The predicted octanol–water partition coefficient (Wildman–Crippen LogP) is 2.00. The molecule has 1 fully saturated rings. The van der Waals surface area contributed by atoms with E-state index in [-0.39, 0.29) is 5.41 Å². The Kier molecular flexibility index (Phi) is 2.81. The molecule has 0 aliphatic heterocycles. The molecule has 1 aliphatic carbocycles. The van der Waals surface area contributed by atoms with Crippen molar-refractivity contribution in [3.8, 4) is 0 Å². The lowest BCUT2D eigenvalue weighted by atomic mass is 9.62. The van der Waals surface area contributed by atoms with Gasteiger partial charge in [0.05, 0.1) is 6.61 Å². The molecule has 0 bridgehead atoms. The molecule has 2 nitrogen and oxygen atoms in total. The lowest BCUT2D eigenvalue weighted by Gasteiger charge is -2.46. The number of hydrogen-bond donors (Lipinski definition) is 1. The van der Waals surface area contributed by atoms with Crippen LogP contribution in [0.4, 0.5) is 0 Å². The van der Waals surface area contributed by atoms with Gasteiger partial charge in [0.1, 0.15) is 0 Å². The van der Waals surface area contributed by atoms with E-state index in [2.05, 4.69) is 31.2 Å². The SMILES string of the molecule is COCC1(c2ccc(C)cc2)CC(N)C1. The Hall–Kier alpha value is -0.860. The maximum Gasteiger partial charge on any atom is 0.0560 e. The maximum atomic E-state index is 5.90.